The number of rotatable bonds is 21. The van der Waals surface area contributed by atoms with E-state index in [9.17, 15) is 0 Å². The first-order chi connectivity index (χ1) is 28.4. The minimum absolute atomic E-state index is 0.0164. The van der Waals surface area contributed by atoms with Gasteiger partial charge in [-0.05, 0) is 114 Å². The highest BCUT2D eigenvalue weighted by Crippen LogP contribution is 2.55. The lowest BCUT2D eigenvalue weighted by atomic mass is 9.71. The van der Waals surface area contributed by atoms with Gasteiger partial charge in [0.1, 0.15) is 16.9 Å². The predicted octanol–water partition coefficient (Wildman–Crippen LogP) is 17.1. The van der Waals surface area contributed by atoms with Gasteiger partial charge < -0.3 is 0 Å². The van der Waals surface area contributed by atoms with Crippen LogP contribution in [0.4, 0.5) is 4.39 Å². The molecule has 58 heavy (non-hydrogen) atoms. The number of halogens is 1. The summed E-state index contributed by atoms with van der Waals surface area (Å²) in [6, 6.07) is 29.2. The van der Waals surface area contributed by atoms with Gasteiger partial charge in [0.2, 0.25) is 0 Å². The third kappa shape index (κ3) is 8.78. The Hall–Kier alpha value is -3.67. The topological polar surface area (TPSA) is 25.8 Å². The fourth-order valence-corrected chi connectivity index (χ4v) is 11.7. The summed E-state index contributed by atoms with van der Waals surface area (Å²) in [4.78, 5) is 2.03. The van der Waals surface area contributed by atoms with Crippen LogP contribution in [0, 0.1) is 17.7 Å². The molecule has 0 bridgehead atoms. The van der Waals surface area contributed by atoms with Crippen molar-refractivity contribution in [2.75, 3.05) is 0 Å². The molecule has 0 amide bonds. The van der Waals surface area contributed by atoms with E-state index >= 15 is 4.39 Å². The van der Waals surface area contributed by atoms with Crippen LogP contribution in [0.2, 0.25) is 0 Å². The molecular formula is C53H65FN2S2. The minimum Gasteiger partial charge on any atom is -0.206 e. The van der Waals surface area contributed by atoms with E-state index in [4.69, 9.17) is 8.75 Å². The quantitative estimate of drug-likeness (QED) is 0.0723. The van der Waals surface area contributed by atoms with Crippen molar-refractivity contribution in [1.82, 2.24) is 8.75 Å². The average Bonchev–Trinajstić information content (AvgIpc) is 3.99. The van der Waals surface area contributed by atoms with Gasteiger partial charge in [0.25, 0.3) is 0 Å². The van der Waals surface area contributed by atoms with Gasteiger partial charge in [-0.3, -0.25) is 0 Å². The SMILES string of the molecule is CCCCC(CC)CCc1ccc(-c2ccc(-c3ccc(-c4ccc5c(c4)C(CCC)(CCC)c4ccc(CCC(CC)CCCC)cc4-5)c4nsnc34)s2)c(F)c1. The molecule has 0 fully saturated rings. The van der Waals surface area contributed by atoms with Crippen LogP contribution in [-0.2, 0) is 18.3 Å². The first kappa shape index (κ1) is 42.5. The summed E-state index contributed by atoms with van der Waals surface area (Å²) in [6.45, 7) is 13.9. The summed E-state index contributed by atoms with van der Waals surface area (Å²) in [5, 5.41) is 0. The number of unbranched alkanes of at least 4 members (excludes halogenated alkanes) is 2. The largest absolute Gasteiger partial charge is 0.206 e. The number of hydrogen-bond acceptors (Lipinski definition) is 4. The highest BCUT2D eigenvalue weighted by atomic mass is 32.1. The molecule has 1 aliphatic carbocycles. The number of thiophene rings is 1. The van der Waals surface area contributed by atoms with Crippen molar-refractivity contribution in [2.24, 2.45) is 11.8 Å². The van der Waals surface area contributed by atoms with Crippen LogP contribution in [0.1, 0.15) is 154 Å². The normalized spacial score (nSPS) is 14.2. The number of aromatic nitrogens is 2. The molecular weight excluding hydrogens is 748 g/mol. The molecule has 2 unspecified atom stereocenters. The Balaban J connectivity index is 1.17. The Morgan fingerprint density at radius 2 is 1.10 bits per heavy atom. The van der Waals surface area contributed by atoms with E-state index in [1.165, 1.54) is 103 Å². The second kappa shape index (κ2) is 19.6. The number of benzene rings is 4. The first-order valence-corrected chi connectivity index (χ1v) is 24.3. The van der Waals surface area contributed by atoms with Crippen LogP contribution < -0.4 is 0 Å². The molecule has 2 heterocycles. The molecule has 0 spiro atoms. The molecule has 7 rings (SSSR count). The Kier molecular flexibility index (Phi) is 14.3. The zero-order chi connectivity index (χ0) is 40.6. The molecule has 0 saturated heterocycles. The summed E-state index contributed by atoms with van der Waals surface area (Å²) < 4.78 is 25.4. The van der Waals surface area contributed by atoms with Gasteiger partial charge >= 0.3 is 0 Å². The van der Waals surface area contributed by atoms with E-state index in [1.54, 1.807) is 17.4 Å². The Morgan fingerprint density at radius 1 is 0.534 bits per heavy atom. The smallest absolute Gasteiger partial charge is 0.132 e. The number of hydrogen-bond donors (Lipinski definition) is 0. The molecule has 6 aromatic rings. The van der Waals surface area contributed by atoms with Crippen molar-refractivity contribution in [1.29, 1.82) is 0 Å². The van der Waals surface area contributed by atoms with Crippen molar-refractivity contribution in [3.05, 3.63) is 107 Å². The van der Waals surface area contributed by atoms with Crippen LogP contribution in [0.25, 0.3) is 54.2 Å². The van der Waals surface area contributed by atoms with Gasteiger partial charge in [0.15, 0.2) is 0 Å². The van der Waals surface area contributed by atoms with E-state index < -0.39 is 0 Å². The summed E-state index contributed by atoms with van der Waals surface area (Å²) >= 11 is 2.92. The standard InChI is InChI=1S/C53H65FN2S2/c1-7-13-15-36(11-5)17-19-38-22-28-46-45(33-38)42-25-23-40(35-47(42)53(46,31-9-3)32-10-4)41-26-27-44(52-51(41)55-58-56-52)50-30-29-49(57-50)43-24-21-39(34-48(43)54)20-18-37(12-6)16-14-8-2/h21-30,33-37H,7-20,31-32H2,1-6H3. The maximum absolute atomic E-state index is 15.7. The molecule has 2 aromatic heterocycles. The average molecular weight is 813 g/mol. The van der Waals surface area contributed by atoms with Crippen LogP contribution >= 0.6 is 23.1 Å². The lowest BCUT2D eigenvalue weighted by molar-refractivity contribution is 0.421. The Labute approximate surface area is 357 Å². The maximum Gasteiger partial charge on any atom is 0.132 e. The summed E-state index contributed by atoms with van der Waals surface area (Å²) in [5.41, 5.74) is 14.4. The fourth-order valence-electron chi connectivity index (χ4n) is 10.1. The number of nitrogens with zero attached hydrogens (tertiary/aromatic N) is 2. The molecule has 5 heteroatoms. The predicted molar refractivity (Wildman–Crippen MR) is 251 cm³/mol. The van der Waals surface area contributed by atoms with Gasteiger partial charge in [-0.25, -0.2) is 4.39 Å². The molecule has 0 aliphatic heterocycles. The van der Waals surface area contributed by atoms with Crippen LogP contribution in [0.3, 0.4) is 0 Å². The van der Waals surface area contributed by atoms with Gasteiger partial charge in [0, 0.05) is 31.9 Å². The molecule has 0 radical (unpaired) electrons. The van der Waals surface area contributed by atoms with Crippen LogP contribution in [-0.4, -0.2) is 8.75 Å². The van der Waals surface area contributed by atoms with E-state index in [1.807, 2.05) is 6.07 Å². The molecule has 2 atom stereocenters. The van der Waals surface area contributed by atoms with Crippen molar-refractivity contribution in [3.63, 3.8) is 0 Å². The van der Waals surface area contributed by atoms with Gasteiger partial charge in [-0.1, -0.05) is 160 Å². The van der Waals surface area contributed by atoms with Gasteiger partial charge in [-0.15, -0.1) is 11.3 Å². The second-order valence-corrected chi connectivity index (χ2v) is 18.8. The van der Waals surface area contributed by atoms with Gasteiger partial charge in [-0.2, -0.15) is 8.75 Å². The molecule has 306 valence electrons. The zero-order valence-corrected chi connectivity index (χ0v) is 37.7. The molecule has 4 aromatic carbocycles. The third-order valence-corrected chi connectivity index (χ3v) is 15.1. The molecule has 2 nitrogen and oxygen atoms in total. The first-order valence-electron chi connectivity index (χ1n) is 22.8. The highest BCUT2D eigenvalue weighted by Gasteiger charge is 2.42. The summed E-state index contributed by atoms with van der Waals surface area (Å²) in [5.74, 6) is 1.41. The van der Waals surface area contributed by atoms with E-state index in [2.05, 4.69) is 108 Å². The molecule has 0 saturated carbocycles. The van der Waals surface area contributed by atoms with Crippen LogP contribution in [0.15, 0.2) is 78.9 Å². The van der Waals surface area contributed by atoms with E-state index in [-0.39, 0.29) is 11.2 Å². The van der Waals surface area contributed by atoms with E-state index in [0.29, 0.717) is 5.56 Å². The van der Waals surface area contributed by atoms with Gasteiger partial charge in [0.05, 0.1) is 11.7 Å². The summed E-state index contributed by atoms with van der Waals surface area (Å²) in [6.07, 6.45) is 19.3. The lowest BCUT2D eigenvalue weighted by Crippen LogP contribution is -2.25. The Bertz CT molecular complexity index is 2270. The minimum atomic E-state index is -0.131. The maximum atomic E-state index is 15.7. The zero-order valence-electron chi connectivity index (χ0n) is 36.1. The third-order valence-electron chi connectivity index (χ3n) is 13.4. The lowest BCUT2D eigenvalue weighted by Gasteiger charge is -2.32. The summed E-state index contributed by atoms with van der Waals surface area (Å²) in [7, 11) is 0. The highest BCUT2D eigenvalue weighted by molar-refractivity contribution is 7.19. The second-order valence-electron chi connectivity index (χ2n) is 17.2. The monoisotopic (exact) mass is 812 g/mol. The van der Waals surface area contributed by atoms with E-state index in [0.717, 1.165) is 94.3 Å². The molecule has 1 aliphatic rings. The fraction of sp³-hybridized carbons (Fsp3) is 0.472. The number of aryl methyl sites for hydroxylation is 2. The number of fused-ring (bicyclic) bond motifs is 4. The van der Waals surface area contributed by atoms with Crippen molar-refractivity contribution < 1.29 is 4.39 Å². The van der Waals surface area contributed by atoms with Crippen LogP contribution in [0.5, 0.6) is 0 Å². The van der Waals surface area contributed by atoms with Crippen molar-refractivity contribution >= 4 is 34.1 Å². The van der Waals surface area contributed by atoms with Crippen molar-refractivity contribution in [3.8, 4) is 43.1 Å². The Morgan fingerprint density at radius 3 is 1.72 bits per heavy atom. The molecule has 0 N–H and O–H groups in total. The van der Waals surface area contributed by atoms with Crippen molar-refractivity contribution in [2.45, 2.75) is 150 Å².